The van der Waals surface area contributed by atoms with Crippen molar-refractivity contribution in [2.24, 2.45) is 7.05 Å². The lowest BCUT2D eigenvalue weighted by molar-refractivity contribution is -0.116. The first-order valence-electron chi connectivity index (χ1n) is 9.46. The Labute approximate surface area is 163 Å². The number of rotatable bonds is 5. The number of fused-ring (bicyclic) bond motifs is 1. The van der Waals surface area contributed by atoms with Crippen LogP contribution >= 0.6 is 11.3 Å². The van der Waals surface area contributed by atoms with Gasteiger partial charge in [0.1, 0.15) is 0 Å². The van der Waals surface area contributed by atoms with Crippen LogP contribution in [0.3, 0.4) is 0 Å². The van der Waals surface area contributed by atoms with E-state index in [1.807, 2.05) is 43.8 Å². The minimum absolute atomic E-state index is 0.0290. The molecule has 2 aromatic heterocycles. The number of aryl methyl sites for hydroxylation is 2. The molecular formula is C20H25N5OS. The quantitative estimate of drug-likeness (QED) is 0.728. The van der Waals surface area contributed by atoms with Gasteiger partial charge in [-0.25, -0.2) is 4.98 Å². The second-order valence-corrected chi connectivity index (χ2v) is 8.20. The minimum Gasteiger partial charge on any atom is -0.348 e. The molecule has 4 rings (SSSR count). The van der Waals surface area contributed by atoms with Crippen LogP contribution in [0.1, 0.15) is 36.2 Å². The number of aromatic nitrogens is 3. The van der Waals surface area contributed by atoms with Gasteiger partial charge in [0.15, 0.2) is 5.13 Å². The van der Waals surface area contributed by atoms with Gasteiger partial charge in [0.2, 0.25) is 5.91 Å². The molecule has 0 aliphatic carbocycles. The number of anilines is 2. The Balaban J connectivity index is 1.42. The predicted molar refractivity (Wildman–Crippen MR) is 111 cm³/mol. The third-order valence-electron chi connectivity index (χ3n) is 5.30. The number of carbonyl (C=O) groups excluding carboxylic acids is 1. The van der Waals surface area contributed by atoms with E-state index < -0.39 is 0 Å². The maximum atomic E-state index is 12.4. The Kier molecular flexibility index (Phi) is 4.86. The molecule has 1 aliphatic heterocycles. The summed E-state index contributed by atoms with van der Waals surface area (Å²) in [4.78, 5) is 19.5. The molecule has 0 atom stereocenters. The van der Waals surface area contributed by atoms with Crippen LogP contribution in [-0.2, 0) is 18.3 Å². The third kappa shape index (κ3) is 3.69. The summed E-state index contributed by atoms with van der Waals surface area (Å²) < 4.78 is 2.99. The summed E-state index contributed by atoms with van der Waals surface area (Å²) in [6.45, 7) is 6.23. The standard InChI is InChI=1S/C20H25N5OS/c1-13-16(14(2)24(3)23-13)7-9-19(26)21-15-6-8-17-18(12-15)27-20(22-17)25-10-4-5-11-25/h6,8,12H,4-5,7,9-11H2,1-3H3,(H,21,26). The zero-order chi connectivity index (χ0) is 19.0. The summed E-state index contributed by atoms with van der Waals surface area (Å²) in [5.41, 5.74) is 5.13. The van der Waals surface area contributed by atoms with Crippen LogP contribution in [0.25, 0.3) is 10.2 Å². The van der Waals surface area contributed by atoms with Crippen molar-refractivity contribution in [2.75, 3.05) is 23.3 Å². The fourth-order valence-electron chi connectivity index (χ4n) is 3.68. The van der Waals surface area contributed by atoms with E-state index in [1.165, 1.54) is 18.4 Å². The first-order valence-corrected chi connectivity index (χ1v) is 10.3. The van der Waals surface area contributed by atoms with Crippen LogP contribution in [-0.4, -0.2) is 33.8 Å². The topological polar surface area (TPSA) is 63.1 Å². The Morgan fingerprint density at radius 1 is 1.26 bits per heavy atom. The molecule has 1 aromatic carbocycles. The van der Waals surface area contributed by atoms with Gasteiger partial charge in [-0.2, -0.15) is 5.10 Å². The molecule has 0 radical (unpaired) electrons. The van der Waals surface area contributed by atoms with Gasteiger partial charge in [-0.3, -0.25) is 9.48 Å². The Morgan fingerprint density at radius 2 is 2.04 bits per heavy atom. The van der Waals surface area contributed by atoms with E-state index in [1.54, 1.807) is 11.3 Å². The molecule has 1 N–H and O–H groups in total. The van der Waals surface area contributed by atoms with Gasteiger partial charge >= 0.3 is 0 Å². The van der Waals surface area contributed by atoms with Crippen LogP contribution in [0.4, 0.5) is 10.8 Å². The van der Waals surface area contributed by atoms with Crippen molar-refractivity contribution in [1.29, 1.82) is 0 Å². The van der Waals surface area contributed by atoms with Gasteiger partial charge in [-0.1, -0.05) is 11.3 Å². The molecule has 1 fully saturated rings. The maximum absolute atomic E-state index is 12.4. The molecule has 0 bridgehead atoms. The molecule has 1 aliphatic rings. The summed E-state index contributed by atoms with van der Waals surface area (Å²) in [6.07, 6.45) is 3.65. The smallest absolute Gasteiger partial charge is 0.224 e. The van der Waals surface area contributed by atoms with Crippen molar-refractivity contribution in [3.8, 4) is 0 Å². The number of hydrogen-bond donors (Lipinski definition) is 1. The monoisotopic (exact) mass is 383 g/mol. The highest BCUT2D eigenvalue weighted by Gasteiger charge is 2.17. The molecular weight excluding hydrogens is 358 g/mol. The number of nitrogens with zero attached hydrogens (tertiary/aromatic N) is 4. The molecule has 27 heavy (non-hydrogen) atoms. The normalized spacial score (nSPS) is 14.3. The highest BCUT2D eigenvalue weighted by atomic mass is 32.1. The lowest BCUT2D eigenvalue weighted by Crippen LogP contribution is -2.16. The van der Waals surface area contributed by atoms with Crippen LogP contribution in [0.15, 0.2) is 18.2 Å². The lowest BCUT2D eigenvalue weighted by Gasteiger charge is -2.11. The van der Waals surface area contributed by atoms with Crippen molar-refractivity contribution in [1.82, 2.24) is 14.8 Å². The third-order valence-corrected chi connectivity index (χ3v) is 6.38. The van der Waals surface area contributed by atoms with Crippen molar-refractivity contribution >= 4 is 38.3 Å². The molecule has 1 amide bonds. The summed E-state index contributed by atoms with van der Waals surface area (Å²) in [6, 6.07) is 5.97. The van der Waals surface area contributed by atoms with E-state index in [0.717, 1.165) is 45.5 Å². The van der Waals surface area contributed by atoms with Crippen molar-refractivity contribution < 1.29 is 4.79 Å². The number of thiazole rings is 1. The fraction of sp³-hybridized carbons (Fsp3) is 0.450. The Hall–Kier alpha value is -2.41. The number of carbonyl (C=O) groups is 1. The number of hydrogen-bond acceptors (Lipinski definition) is 5. The van der Waals surface area contributed by atoms with E-state index in [0.29, 0.717) is 12.8 Å². The van der Waals surface area contributed by atoms with Crippen LogP contribution in [0, 0.1) is 13.8 Å². The second-order valence-electron chi connectivity index (χ2n) is 7.19. The molecule has 0 saturated carbocycles. The molecule has 1 saturated heterocycles. The van der Waals surface area contributed by atoms with E-state index in [2.05, 4.69) is 15.3 Å². The zero-order valence-corrected chi connectivity index (χ0v) is 16.9. The van der Waals surface area contributed by atoms with Crippen molar-refractivity contribution in [3.05, 3.63) is 35.2 Å². The molecule has 0 spiro atoms. The highest BCUT2D eigenvalue weighted by Crippen LogP contribution is 2.32. The number of amides is 1. The molecule has 6 nitrogen and oxygen atoms in total. The van der Waals surface area contributed by atoms with Crippen molar-refractivity contribution in [2.45, 2.75) is 39.5 Å². The molecule has 3 heterocycles. The summed E-state index contributed by atoms with van der Waals surface area (Å²) in [7, 11) is 1.94. The number of nitrogens with one attached hydrogen (secondary N) is 1. The van der Waals surface area contributed by atoms with Crippen LogP contribution in [0.2, 0.25) is 0 Å². The van der Waals surface area contributed by atoms with E-state index in [4.69, 9.17) is 4.98 Å². The minimum atomic E-state index is 0.0290. The SMILES string of the molecule is Cc1nn(C)c(C)c1CCC(=O)Nc1ccc2nc(N3CCCC3)sc2c1. The summed E-state index contributed by atoms with van der Waals surface area (Å²) in [5.74, 6) is 0.0290. The zero-order valence-electron chi connectivity index (χ0n) is 16.1. The highest BCUT2D eigenvalue weighted by molar-refractivity contribution is 7.22. The average Bonchev–Trinajstić information content (AvgIpc) is 3.34. The van der Waals surface area contributed by atoms with Gasteiger partial charge in [-0.15, -0.1) is 0 Å². The van der Waals surface area contributed by atoms with Crippen LogP contribution < -0.4 is 10.2 Å². The van der Waals surface area contributed by atoms with E-state index in [9.17, 15) is 4.79 Å². The summed E-state index contributed by atoms with van der Waals surface area (Å²) >= 11 is 1.71. The maximum Gasteiger partial charge on any atom is 0.224 e. The first kappa shape index (κ1) is 18.0. The van der Waals surface area contributed by atoms with E-state index in [-0.39, 0.29) is 5.91 Å². The van der Waals surface area contributed by atoms with Crippen LogP contribution in [0.5, 0.6) is 0 Å². The lowest BCUT2D eigenvalue weighted by atomic mass is 10.1. The largest absolute Gasteiger partial charge is 0.348 e. The van der Waals surface area contributed by atoms with Gasteiger partial charge in [0.25, 0.3) is 0 Å². The second kappa shape index (κ2) is 7.31. The Bertz CT molecular complexity index is 984. The summed E-state index contributed by atoms with van der Waals surface area (Å²) in [5, 5.41) is 8.54. The average molecular weight is 384 g/mol. The molecule has 3 aromatic rings. The van der Waals surface area contributed by atoms with Gasteiger partial charge < -0.3 is 10.2 Å². The number of benzene rings is 1. The van der Waals surface area contributed by atoms with Gasteiger partial charge in [0, 0.05) is 37.9 Å². The fourth-order valence-corrected chi connectivity index (χ4v) is 4.73. The first-order chi connectivity index (χ1) is 13.0. The van der Waals surface area contributed by atoms with E-state index >= 15 is 0 Å². The predicted octanol–water partition coefficient (Wildman–Crippen LogP) is 3.82. The Morgan fingerprint density at radius 3 is 2.74 bits per heavy atom. The molecule has 7 heteroatoms. The van der Waals surface area contributed by atoms with Gasteiger partial charge in [0.05, 0.1) is 15.9 Å². The van der Waals surface area contributed by atoms with Gasteiger partial charge in [-0.05, 0) is 56.9 Å². The van der Waals surface area contributed by atoms with Crippen molar-refractivity contribution in [3.63, 3.8) is 0 Å². The molecule has 0 unspecified atom stereocenters. The molecule has 142 valence electrons.